The monoisotopic (exact) mass is 417 g/mol. The Morgan fingerprint density at radius 3 is 2.44 bits per heavy atom. The normalized spacial score (nSPS) is 14.7. The maximum absolute atomic E-state index is 12.3. The van der Waals surface area contributed by atoms with Crippen LogP contribution in [0.5, 0.6) is 0 Å². The van der Waals surface area contributed by atoms with Crippen molar-refractivity contribution < 1.29 is 8.42 Å². The van der Waals surface area contributed by atoms with Crippen LogP contribution in [-0.4, -0.2) is 19.8 Å². The summed E-state index contributed by atoms with van der Waals surface area (Å²) in [4.78, 5) is 0. The van der Waals surface area contributed by atoms with Crippen LogP contribution in [-0.2, 0) is 10.0 Å². The fourth-order valence-corrected chi connectivity index (χ4v) is 5.78. The molecule has 0 saturated heterocycles. The molecule has 1 unspecified atom stereocenters. The highest BCUT2D eigenvalue weighted by Gasteiger charge is 2.30. The highest BCUT2D eigenvalue weighted by Crippen LogP contribution is 2.30. The molecule has 7 heteroatoms. The van der Waals surface area contributed by atoms with Crippen molar-refractivity contribution in [2.45, 2.75) is 37.4 Å². The summed E-state index contributed by atoms with van der Waals surface area (Å²) in [6.45, 7) is 6.10. The summed E-state index contributed by atoms with van der Waals surface area (Å²) < 4.78 is 28.4. The van der Waals surface area contributed by atoms with Gasteiger partial charge in [-0.1, -0.05) is 36.7 Å². The Balaban J connectivity index is 2.97. The van der Waals surface area contributed by atoms with Crippen LogP contribution in [0.4, 0.5) is 0 Å². The smallest absolute Gasteiger partial charge is 0.207 e. The minimum atomic E-state index is -3.45. The van der Waals surface area contributed by atoms with Gasteiger partial charge in [-0.15, -0.1) is 11.3 Å². The van der Waals surface area contributed by atoms with Crippen molar-refractivity contribution >= 4 is 53.2 Å². The van der Waals surface area contributed by atoms with Gasteiger partial charge in [0.15, 0.2) is 0 Å². The summed E-state index contributed by atoms with van der Waals surface area (Å²) in [5.74, 6) is 0. The molecule has 0 fully saturated rings. The third-order valence-electron chi connectivity index (χ3n) is 2.57. The van der Waals surface area contributed by atoms with Gasteiger partial charge in [-0.2, -0.15) is 0 Å². The fraction of sp³-hybridized carbons (Fsp3) is 0.636. The van der Waals surface area contributed by atoms with Gasteiger partial charge in [0.2, 0.25) is 0 Å². The minimum Gasteiger partial charge on any atom is -0.207 e. The minimum absolute atomic E-state index is 0.101. The van der Waals surface area contributed by atoms with Crippen molar-refractivity contribution in [2.24, 2.45) is 5.41 Å². The van der Waals surface area contributed by atoms with E-state index in [2.05, 4.69) is 36.6 Å². The van der Waals surface area contributed by atoms with E-state index in [1.165, 1.54) is 11.3 Å². The van der Waals surface area contributed by atoms with Crippen molar-refractivity contribution in [2.75, 3.05) is 5.33 Å². The third-order valence-corrected chi connectivity index (χ3v) is 7.17. The molecule has 0 amide bonds. The van der Waals surface area contributed by atoms with Crippen molar-refractivity contribution in [3.63, 3.8) is 0 Å². The Hall–Kier alpha value is 0.570. The van der Waals surface area contributed by atoms with Crippen molar-refractivity contribution in [3.05, 3.63) is 15.9 Å². The quantitative estimate of drug-likeness (QED) is 0.734. The molecule has 0 spiro atoms. The summed E-state index contributed by atoms with van der Waals surface area (Å²) in [5, 5.41) is 2.53. The number of alkyl halides is 1. The molecule has 1 rings (SSSR count). The molecule has 18 heavy (non-hydrogen) atoms. The highest BCUT2D eigenvalue weighted by molar-refractivity contribution is 9.10. The molecule has 0 bridgehead atoms. The Morgan fingerprint density at radius 1 is 1.44 bits per heavy atom. The first-order chi connectivity index (χ1) is 8.18. The number of hydrogen-bond donors (Lipinski definition) is 1. The van der Waals surface area contributed by atoms with Crippen LogP contribution in [0.2, 0.25) is 0 Å². The second-order valence-corrected chi connectivity index (χ2v) is 9.55. The Bertz CT molecular complexity index is 491. The van der Waals surface area contributed by atoms with Crippen LogP contribution in [0.3, 0.4) is 0 Å². The number of hydrogen-bond acceptors (Lipinski definition) is 3. The first-order valence-electron chi connectivity index (χ1n) is 5.50. The van der Waals surface area contributed by atoms with E-state index in [9.17, 15) is 8.42 Å². The molecule has 1 heterocycles. The van der Waals surface area contributed by atoms with E-state index in [0.717, 1.165) is 11.8 Å². The average Bonchev–Trinajstić information content (AvgIpc) is 2.63. The summed E-state index contributed by atoms with van der Waals surface area (Å²) in [6.07, 6.45) is 0.756. The molecule has 0 aliphatic heterocycles. The van der Waals surface area contributed by atoms with E-state index < -0.39 is 10.0 Å². The van der Waals surface area contributed by atoms with Crippen molar-refractivity contribution in [1.29, 1.82) is 0 Å². The molecular formula is C11H17Br2NO2S2. The van der Waals surface area contributed by atoms with E-state index in [0.29, 0.717) is 8.68 Å². The summed E-state index contributed by atoms with van der Waals surface area (Å²) in [7, 11) is -3.45. The summed E-state index contributed by atoms with van der Waals surface area (Å²) >= 11 is 7.85. The molecule has 0 aromatic carbocycles. The predicted molar refractivity (Wildman–Crippen MR) is 84.0 cm³/mol. The fourth-order valence-electron chi connectivity index (χ4n) is 1.49. The van der Waals surface area contributed by atoms with E-state index in [1.807, 2.05) is 20.8 Å². The number of halogens is 2. The molecule has 0 aliphatic rings. The van der Waals surface area contributed by atoms with Crippen LogP contribution in [0.1, 0.15) is 27.2 Å². The summed E-state index contributed by atoms with van der Waals surface area (Å²) in [5.41, 5.74) is -0.120. The Morgan fingerprint density at radius 2 is 2.06 bits per heavy atom. The van der Waals surface area contributed by atoms with Gasteiger partial charge >= 0.3 is 0 Å². The van der Waals surface area contributed by atoms with Gasteiger partial charge in [0.05, 0.1) is 0 Å². The maximum atomic E-state index is 12.3. The lowest BCUT2D eigenvalue weighted by atomic mass is 9.86. The highest BCUT2D eigenvalue weighted by atomic mass is 79.9. The number of nitrogens with one attached hydrogen (secondary N) is 1. The van der Waals surface area contributed by atoms with Gasteiger partial charge in [0.1, 0.15) is 4.21 Å². The van der Waals surface area contributed by atoms with Gasteiger partial charge in [0, 0.05) is 15.8 Å². The number of rotatable bonds is 5. The van der Waals surface area contributed by atoms with Crippen LogP contribution in [0, 0.1) is 5.41 Å². The van der Waals surface area contributed by atoms with Crippen molar-refractivity contribution in [1.82, 2.24) is 4.72 Å². The topological polar surface area (TPSA) is 46.2 Å². The summed E-state index contributed by atoms with van der Waals surface area (Å²) in [6, 6.07) is 1.64. The molecule has 1 atom stereocenters. The largest absolute Gasteiger partial charge is 0.251 e. The predicted octanol–water partition coefficient (Wildman–Crippen LogP) is 3.99. The third kappa shape index (κ3) is 4.30. The first-order valence-corrected chi connectivity index (χ1v) is 9.77. The van der Waals surface area contributed by atoms with Gasteiger partial charge < -0.3 is 0 Å². The second kappa shape index (κ2) is 6.35. The van der Waals surface area contributed by atoms with E-state index in [-0.39, 0.29) is 11.5 Å². The molecule has 104 valence electrons. The van der Waals surface area contributed by atoms with Crippen molar-refractivity contribution in [3.8, 4) is 0 Å². The molecule has 0 aliphatic carbocycles. The molecule has 0 radical (unpaired) electrons. The molecular weight excluding hydrogens is 402 g/mol. The lowest BCUT2D eigenvalue weighted by Crippen LogP contribution is -2.43. The molecule has 1 aromatic heterocycles. The molecule has 1 aromatic rings. The first kappa shape index (κ1) is 16.6. The molecule has 0 saturated carbocycles. The van der Waals surface area contributed by atoms with E-state index in [4.69, 9.17) is 0 Å². The lowest BCUT2D eigenvalue weighted by molar-refractivity contribution is 0.293. The average molecular weight is 419 g/mol. The van der Waals surface area contributed by atoms with Gasteiger partial charge in [-0.3, -0.25) is 0 Å². The van der Waals surface area contributed by atoms with Crippen LogP contribution < -0.4 is 4.72 Å². The zero-order valence-corrected chi connectivity index (χ0v) is 15.3. The zero-order valence-electron chi connectivity index (χ0n) is 10.5. The van der Waals surface area contributed by atoms with Gasteiger partial charge in [0.25, 0.3) is 10.0 Å². The van der Waals surface area contributed by atoms with E-state index in [1.54, 1.807) is 11.4 Å². The standard InChI is InChI=1S/C11H17Br2NO2S2/c1-11(2,3)9(4-6-12)14-18(15,16)10-8(13)5-7-17-10/h5,7,9,14H,4,6H2,1-3H3. The van der Waals surface area contributed by atoms with Gasteiger partial charge in [-0.25, -0.2) is 13.1 Å². The van der Waals surface area contributed by atoms with Crippen LogP contribution in [0.25, 0.3) is 0 Å². The molecule has 1 N–H and O–H groups in total. The van der Waals surface area contributed by atoms with Crippen LogP contribution in [0.15, 0.2) is 20.1 Å². The van der Waals surface area contributed by atoms with E-state index >= 15 is 0 Å². The molecule has 3 nitrogen and oxygen atoms in total. The number of sulfonamides is 1. The van der Waals surface area contributed by atoms with Gasteiger partial charge in [-0.05, 0) is 39.2 Å². The Kier molecular flexibility index (Phi) is 5.86. The number of thiophene rings is 1. The zero-order chi connectivity index (χ0) is 14.0. The second-order valence-electron chi connectivity index (χ2n) is 5.07. The Labute approximate surface area is 130 Å². The maximum Gasteiger partial charge on any atom is 0.251 e. The van der Waals surface area contributed by atoms with Crippen LogP contribution >= 0.6 is 43.2 Å². The SMILES string of the molecule is CC(C)(C)C(CCBr)NS(=O)(=O)c1sccc1Br. The lowest BCUT2D eigenvalue weighted by Gasteiger charge is -2.30.